The number of H-pyrrole nitrogens is 1. The van der Waals surface area contributed by atoms with Gasteiger partial charge in [-0.3, -0.25) is 9.89 Å². The van der Waals surface area contributed by atoms with Crippen molar-refractivity contribution in [2.24, 2.45) is 11.7 Å². The van der Waals surface area contributed by atoms with Crippen LogP contribution in [0.3, 0.4) is 0 Å². The first-order valence-corrected chi connectivity index (χ1v) is 5.64. The Bertz CT molecular complexity index is 387. The Hall–Kier alpha value is -1.36. The number of aryl methyl sites for hydroxylation is 1. The van der Waals surface area contributed by atoms with E-state index in [9.17, 15) is 4.79 Å². The topological polar surface area (TPSA) is 75.0 Å². The molecule has 0 aromatic carbocycles. The number of hydrogen-bond acceptors (Lipinski definition) is 3. The van der Waals surface area contributed by atoms with E-state index < -0.39 is 0 Å². The van der Waals surface area contributed by atoms with Crippen LogP contribution in [-0.4, -0.2) is 40.1 Å². The predicted octanol–water partition coefficient (Wildman–Crippen LogP) is 0.527. The smallest absolute Gasteiger partial charge is 0.257 e. The Morgan fingerprint density at radius 2 is 2.50 bits per heavy atom. The molecular formula is C11H18N4O. The molecule has 2 unspecified atom stereocenters. The van der Waals surface area contributed by atoms with Gasteiger partial charge in [0.05, 0.1) is 11.8 Å². The number of hydrogen-bond donors (Lipinski definition) is 2. The summed E-state index contributed by atoms with van der Waals surface area (Å²) in [6.07, 6.45) is 2.60. The number of carbonyl (C=O) groups excluding carboxylic acids is 1. The highest BCUT2D eigenvalue weighted by Crippen LogP contribution is 2.24. The van der Waals surface area contributed by atoms with E-state index in [1.807, 2.05) is 11.8 Å². The second-order valence-corrected chi connectivity index (χ2v) is 4.55. The van der Waals surface area contributed by atoms with Crippen LogP contribution in [-0.2, 0) is 0 Å². The van der Waals surface area contributed by atoms with Gasteiger partial charge < -0.3 is 10.6 Å². The molecule has 1 aliphatic rings. The van der Waals surface area contributed by atoms with Crippen LogP contribution in [0.25, 0.3) is 0 Å². The first-order valence-electron chi connectivity index (χ1n) is 5.64. The van der Waals surface area contributed by atoms with Gasteiger partial charge in [0.1, 0.15) is 0 Å². The Balaban J connectivity index is 2.14. The first-order chi connectivity index (χ1) is 7.63. The summed E-state index contributed by atoms with van der Waals surface area (Å²) in [5.41, 5.74) is 7.15. The highest BCUT2D eigenvalue weighted by molar-refractivity contribution is 5.95. The van der Waals surface area contributed by atoms with E-state index in [0.29, 0.717) is 18.0 Å². The molecule has 0 saturated carbocycles. The Kier molecular flexibility index (Phi) is 2.96. The van der Waals surface area contributed by atoms with Crippen LogP contribution in [0, 0.1) is 12.8 Å². The van der Waals surface area contributed by atoms with E-state index in [0.717, 1.165) is 18.7 Å². The summed E-state index contributed by atoms with van der Waals surface area (Å²) in [7, 11) is 0. The van der Waals surface area contributed by atoms with Crippen molar-refractivity contribution >= 4 is 5.91 Å². The van der Waals surface area contributed by atoms with Crippen molar-refractivity contribution in [2.45, 2.75) is 26.3 Å². The molecule has 16 heavy (non-hydrogen) atoms. The Morgan fingerprint density at radius 3 is 3.00 bits per heavy atom. The van der Waals surface area contributed by atoms with Crippen molar-refractivity contribution in [3.63, 3.8) is 0 Å². The lowest BCUT2D eigenvalue weighted by Gasteiger charge is -2.21. The van der Waals surface area contributed by atoms with Crippen molar-refractivity contribution in [3.8, 4) is 0 Å². The van der Waals surface area contributed by atoms with Crippen LogP contribution in [0.1, 0.15) is 29.4 Å². The van der Waals surface area contributed by atoms with Gasteiger partial charge in [0.25, 0.3) is 5.91 Å². The summed E-state index contributed by atoms with van der Waals surface area (Å²) >= 11 is 0. The van der Waals surface area contributed by atoms with Crippen LogP contribution in [0.2, 0.25) is 0 Å². The maximum Gasteiger partial charge on any atom is 0.257 e. The van der Waals surface area contributed by atoms with Gasteiger partial charge in [-0.2, -0.15) is 5.10 Å². The van der Waals surface area contributed by atoms with E-state index in [1.165, 1.54) is 0 Å². The van der Waals surface area contributed by atoms with Gasteiger partial charge in [0.2, 0.25) is 0 Å². The van der Waals surface area contributed by atoms with Gasteiger partial charge in [0.15, 0.2) is 0 Å². The van der Waals surface area contributed by atoms with Crippen molar-refractivity contribution in [1.82, 2.24) is 15.1 Å². The molecule has 2 rings (SSSR count). The second-order valence-electron chi connectivity index (χ2n) is 4.55. The molecule has 1 aromatic rings. The molecule has 3 N–H and O–H groups in total. The average Bonchev–Trinajstić information content (AvgIpc) is 2.83. The number of nitrogens with two attached hydrogens (primary N) is 1. The van der Waals surface area contributed by atoms with E-state index in [-0.39, 0.29) is 11.9 Å². The first kappa shape index (κ1) is 11.1. The summed E-state index contributed by atoms with van der Waals surface area (Å²) in [5.74, 6) is 0.501. The van der Waals surface area contributed by atoms with Crippen molar-refractivity contribution in [1.29, 1.82) is 0 Å². The minimum atomic E-state index is 0.0645. The normalized spacial score (nSPS) is 25.1. The zero-order chi connectivity index (χ0) is 11.7. The van der Waals surface area contributed by atoms with Gasteiger partial charge in [-0.15, -0.1) is 0 Å². The standard InChI is InChI=1S/C11H18N4O/c1-7-3-9(4-12)6-15(7)11(16)10-5-13-14-8(10)2/h5,7,9H,3-4,6,12H2,1-2H3,(H,13,14). The number of amides is 1. The molecule has 1 fully saturated rings. The number of rotatable bonds is 2. The minimum Gasteiger partial charge on any atom is -0.335 e. The molecule has 0 spiro atoms. The number of nitrogens with one attached hydrogen (secondary N) is 1. The van der Waals surface area contributed by atoms with Gasteiger partial charge in [0, 0.05) is 18.3 Å². The fourth-order valence-corrected chi connectivity index (χ4v) is 2.32. The van der Waals surface area contributed by atoms with Gasteiger partial charge >= 0.3 is 0 Å². The molecule has 1 saturated heterocycles. The molecule has 0 bridgehead atoms. The molecule has 2 heterocycles. The van der Waals surface area contributed by atoms with Crippen molar-refractivity contribution < 1.29 is 4.79 Å². The van der Waals surface area contributed by atoms with Gasteiger partial charge in [-0.1, -0.05) is 0 Å². The molecule has 0 aliphatic carbocycles. The molecular weight excluding hydrogens is 204 g/mol. The van der Waals surface area contributed by atoms with E-state index in [4.69, 9.17) is 5.73 Å². The monoisotopic (exact) mass is 222 g/mol. The van der Waals surface area contributed by atoms with E-state index in [1.54, 1.807) is 6.20 Å². The van der Waals surface area contributed by atoms with Gasteiger partial charge in [-0.05, 0) is 32.7 Å². The fraction of sp³-hybridized carbons (Fsp3) is 0.636. The maximum absolute atomic E-state index is 12.2. The van der Waals surface area contributed by atoms with E-state index >= 15 is 0 Å². The maximum atomic E-state index is 12.2. The molecule has 5 heteroatoms. The summed E-state index contributed by atoms with van der Waals surface area (Å²) in [4.78, 5) is 14.1. The van der Waals surface area contributed by atoms with E-state index in [2.05, 4.69) is 17.1 Å². The highest BCUT2D eigenvalue weighted by atomic mass is 16.2. The van der Waals surface area contributed by atoms with Crippen LogP contribution in [0.15, 0.2) is 6.20 Å². The molecule has 1 aromatic heterocycles. The van der Waals surface area contributed by atoms with Crippen molar-refractivity contribution in [2.75, 3.05) is 13.1 Å². The number of likely N-dealkylation sites (tertiary alicyclic amines) is 1. The zero-order valence-corrected chi connectivity index (χ0v) is 9.73. The van der Waals surface area contributed by atoms with Crippen LogP contribution in [0.5, 0.6) is 0 Å². The fourth-order valence-electron chi connectivity index (χ4n) is 2.32. The third kappa shape index (κ3) is 1.82. The Morgan fingerprint density at radius 1 is 1.75 bits per heavy atom. The highest BCUT2D eigenvalue weighted by Gasteiger charge is 2.32. The van der Waals surface area contributed by atoms with Crippen LogP contribution < -0.4 is 5.73 Å². The SMILES string of the molecule is Cc1[nH]ncc1C(=O)N1CC(CN)CC1C. The van der Waals surface area contributed by atoms with Gasteiger partial charge in [-0.25, -0.2) is 0 Å². The summed E-state index contributed by atoms with van der Waals surface area (Å²) in [6.45, 7) is 5.35. The van der Waals surface area contributed by atoms with Crippen LogP contribution in [0.4, 0.5) is 0 Å². The second kappa shape index (κ2) is 4.25. The largest absolute Gasteiger partial charge is 0.335 e. The number of aromatic nitrogens is 2. The number of carbonyl (C=O) groups is 1. The molecule has 2 atom stereocenters. The zero-order valence-electron chi connectivity index (χ0n) is 9.73. The number of nitrogens with zero attached hydrogens (tertiary/aromatic N) is 2. The quantitative estimate of drug-likeness (QED) is 0.766. The molecule has 1 amide bonds. The lowest BCUT2D eigenvalue weighted by molar-refractivity contribution is 0.0743. The molecule has 1 aliphatic heterocycles. The summed E-state index contributed by atoms with van der Waals surface area (Å²) in [6, 6.07) is 0.273. The third-order valence-corrected chi connectivity index (χ3v) is 3.32. The van der Waals surface area contributed by atoms with Crippen molar-refractivity contribution in [3.05, 3.63) is 17.5 Å². The third-order valence-electron chi connectivity index (χ3n) is 3.32. The molecule has 88 valence electrons. The predicted molar refractivity (Wildman–Crippen MR) is 61.0 cm³/mol. The summed E-state index contributed by atoms with van der Waals surface area (Å²) in [5, 5.41) is 6.67. The molecule has 5 nitrogen and oxygen atoms in total. The Labute approximate surface area is 95.0 Å². The summed E-state index contributed by atoms with van der Waals surface area (Å²) < 4.78 is 0. The lowest BCUT2D eigenvalue weighted by atomic mass is 10.1. The molecule has 0 radical (unpaired) electrons. The minimum absolute atomic E-state index is 0.0645. The number of aromatic amines is 1. The lowest BCUT2D eigenvalue weighted by Crippen LogP contribution is -2.34. The van der Waals surface area contributed by atoms with Crippen LogP contribution >= 0.6 is 0 Å². The average molecular weight is 222 g/mol.